The molecule has 0 amide bonds. The fourth-order valence-electron chi connectivity index (χ4n) is 1.31. The number of nitrogen functional groups attached to an aromatic ring is 1. The molecule has 0 atom stereocenters. The maximum atomic E-state index is 5.65. The van der Waals surface area contributed by atoms with Gasteiger partial charge in [-0.1, -0.05) is 11.3 Å². The first kappa shape index (κ1) is 6.98. The Kier molecular flexibility index (Phi) is 1.74. The van der Waals surface area contributed by atoms with Crippen molar-refractivity contribution in [3.63, 3.8) is 0 Å². The summed E-state index contributed by atoms with van der Waals surface area (Å²) in [7, 11) is 0. The molecule has 0 fully saturated rings. The topological polar surface area (TPSA) is 35.2 Å². The summed E-state index contributed by atoms with van der Waals surface area (Å²) in [5, 5.41) is 1.91. The summed E-state index contributed by atoms with van der Waals surface area (Å²) >= 11 is 1.56. The van der Waals surface area contributed by atoms with E-state index in [-0.39, 0.29) is 0 Å². The van der Waals surface area contributed by atoms with Crippen molar-refractivity contribution in [2.45, 2.75) is 19.3 Å². The fraction of sp³-hybridized carbons (Fsp3) is 0.500. The zero-order chi connectivity index (χ0) is 7.68. The van der Waals surface area contributed by atoms with Crippen LogP contribution in [0.1, 0.15) is 18.4 Å². The van der Waals surface area contributed by atoms with E-state index < -0.39 is 0 Å². The molecule has 0 saturated carbocycles. The van der Waals surface area contributed by atoms with Gasteiger partial charge in [0.15, 0.2) is 5.06 Å². The Morgan fingerprint density at radius 2 is 2.36 bits per heavy atom. The molecule has 1 aliphatic heterocycles. The molecule has 11 heavy (non-hydrogen) atoms. The molecule has 2 heterocycles. The molecule has 0 aromatic carbocycles. The number of hydrogen-bond acceptors (Lipinski definition) is 3. The standard InChI is InChI=1S/C8H11NOS/c9-7-5-6-3-1-2-4-10-8(6)11-7/h5H,1-4,9H2. The Labute approximate surface area is 70.0 Å². The average Bonchev–Trinajstić information content (AvgIpc) is 2.17. The van der Waals surface area contributed by atoms with Crippen molar-refractivity contribution in [1.29, 1.82) is 0 Å². The van der Waals surface area contributed by atoms with Crippen LogP contribution in [0.3, 0.4) is 0 Å². The van der Waals surface area contributed by atoms with Gasteiger partial charge in [0.05, 0.1) is 11.6 Å². The zero-order valence-electron chi connectivity index (χ0n) is 6.30. The summed E-state index contributed by atoms with van der Waals surface area (Å²) in [5.41, 5.74) is 6.94. The van der Waals surface area contributed by atoms with Crippen LogP contribution in [-0.4, -0.2) is 6.61 Å². The van der Waals surface area contributed by atoms with Crippen molar-refractivity contribution < 1.29 is 4.74 Å². The Morgan fingerprint density at radius 1 is 1.45 bits per heavy atom. The first-order valence-electron chi connectivity index (χ1n) is 3.87. The Hall–Kier alpha value is -0.700. The molecule has 0 unspecified atom stereocenters. The van der Waals surface area contributed by atoms with Gasteiger partial charge in [0.25, 0.3) is 0 Å². The molecular formula is C8H11NOS. The molecule has 3 heteroatoms. The number of aryl methyl sites for hydroxylation is 1. The smallest absolute Gasteiger partial charge is 0.178 e. The van der Waals surface area contributed by atoms with Crippen LogP contribution in [0.15, 0.2) is 6.07 Å². The lowest BCUT2D eigenvalue weighted by Gasteiger charge is -1.97. The van der Waals surface area contributed by atoms with Gasteiger partial charge in [-0.05, 0) is 25.3 Å². The van der Waals surface area contributed by atoms with E-state index in [9.17, 15) is 0 Å². The summed E-state index contributed by atoms with van der Waals surface area (Å²) in [6.45, 7) is 0.854. The third kappa shape index (κ3) is 1.33. The number of thiophene rings is 1. The number of hydrogen-bond donors (Lipinski definition) is 1. The molecule has 2 nitrogen and oxygen atoms in total. The molecule has 0 spiro atoms. The van der Waals surface area contributed by atoms with Crippen molar-refractivity contribution in [1.82, 2.24) is 0 Å². The summed E-state index contributed by atoms with van der Waals surface area (Å²) < 4.78 is 5.51. The summed E-state index contributed by atoms with van der Waals surface area (Å²) in [4.78, 5) is 0. The zero-order valence-corrected chi connectivity index (χ0v) is 7.12. The van der Waals surface area contributed by atoms with E-state index in [1.54, 1.807) is 11.3 Å². The van der Waals surface area contributed by atoms with Crippen LogP contribution in [-0.2, 0) is 6.42 Å². The predicted octanol–water partition coefficient (Wildman–Crippen LogP) is 2.05. The molecule has 2 N–H and O–H groups in total. The first-order valence-corrected chi connectivity index (χ1v) is 4.69. The largest absolute Gasteiger partial charge is 0.484 e. The van der Waals surface area contributed by atoms with Gasteiger partial charge in [-0.25, -0.2) is 0 Å². The number of ether oxygens (including phenoxy) is 1. The minimum absolute atomic E-state index is 0.854. The van der Waals surface area contributed by atoms with E-state index in [1.165, 1.54) is 18.4 Å². The minimum Gasteiger partial charge on any atom is -0.484 e. The summed E-state index contributed by atoms with van der Waals surface area (Å²) in [5.74, 6) is 0. The second-order valence-corrected chi connectivity index (χ2v) is 3.81. The number of fused-ring (bicyclic) bond motifs is 1. The van der Waals surface area contributed by atoms with Crippen molar-refractivity contribution >= 4 is 16.3 Å². The molecule has 0 aliphatic carbocycles. The summed E-state index contributed by atoms with van der Waals surface area (Å²) in [6.07, 6.45) is 3.52. The SMILES string of the molecule is Nc1cc2c(s1)OCCCC2. The second-order valence-electron chi connectivity index (χ2n) is 2.77. The lowest BCUT2D eigenvalue weighted by atomic mass is 10.1. The maximum absolute atomic E-state index is 5.65. The molecule has 2 rings (SSSR count). The third-order valence-corrected chi connectivity index (χ3v) is 2.78. The van der Waals surface area contributed by atoms with Crippen LogP contribution in [0, 0.1) is 0 Å². The summed E-state index contributed by atoms with van der Waals surface area (Å²) in [6, 6.07) is 2.03. The van der Waals surface area contributed by atoms with Gasteiger partial charge in [-0.15, -0.1) is 0 Å². The Bertz CT molecular complexity index is 233. The third-order valence-electron chi connectivity index (χ3n) is 1.86. The molecule has 0 radical (unpaired) electrons. The van der Waals surface area contributed by atoms with Crippen LogP contribution in [0.4, 0.5) is 5.00 Å². The van der Waals surface area contributed by atoms with Crippen molar-refractivity contribution in [2.24, 2.45) is 0 Å². The molecule has 0 bridgehead atoms. The number of rotatable bonds is 0. The predicted molar refractivity (Wildman–Crippen MR) is 47.2 cm³/mol. The van der Waals surface area contributed by atoms with Crippen LogP contribution in [0.2, 0.25) is 0 Å². The van der Waals surface area contributed by atoms with Gasteiger partial charge in [0, 0.05) is 5.56 Å². The van der Waals surface area contributed by atoms with Gasteiger partial charge in [0.2, 0.25) is 0 Å². The second kappa shape index (κ2) is 2.74. The van der Waals surface area contributed by atoms with Crippen LogP contribution in [0.25, 0.3) is 0 Å². The van der Waals surface area contributed by atoms with Crippen molar-refractivity contribution in [3.8, 4) is 5.06 Å². The van der Waals surface area contributed by atoms with E-state index in [0.29, 0.717) is 0 Å². The normalized spacial score (nSPS) is 16.7. The number of nitrogens with two attached hydrogens (primary N) is 1. The number of anilines is 1. The van der Waals surface area contributed by atoms with Gasteiger partial charge >= 0.3 is 0 Å². The van der Waals surface area contributed by atoms with Crippen LogP contribution >= 0.6 is 11.3 Å². The molecule has 0 saturated heterocycles. The highest BCUT2D eigenvalue weighted by Gasteiger charge is 2.11. The average molecular weight is 169 g/mol. The van der Waals surface area contributed by atoms with Crippen molar-refractivity contribution in [2.75, 3.05) is 12.3 Å². The van der Waals surface area contributed by atoms with Crippen LogP contribution in [0.5, 0.6) is 5.06 Å². The monoisotopic (exact) mass is 169 g/mol. The van der Waals surface area contributed by atoms with Gasteiger partial charge in [-0.2, -0.15) is 0 Å². The van der Waals surface area contributed by atoms with Crippen molar-refractivity contribution in [3.05, 3.63) is 11.6 Å². The Balaban J connectivity index is 2.32. The minimum atomic E-state index is 0.854. The molecular weight excluding hydrogens is 158 g/mol. The lowest BCUT2D eigenvalue weighted by molar-refractivity contribution is 0.325. The molecule has 1 aromatic heterocycles. The van der Waals surface area contributed by atoms with Gasteiger partial charge in [0.1, 0.15) is 0 Å². The van der Waals surface area contributed by atoms with Crippen LogP contribution < -0.4 is 10.5 Å². The fourth-order valence-corrected chi connectivity index (χ4v) is 2.16. The highest BCUT2D eigenvalue weighted by molar-refractivity contribution is 7.17. The molecule has 60 valence electrons. The quantitative estimate of drug-likeness (QED) is 0.645. The van der Waals surface area contributed by atoms with Gasteiger partial charge < -0.3 is 10.5 Å². The maximum Gasteiger partial charge on any atom is 0.178 e. The van der Waals surface area contributed by atoms with E-state index in [4.69, 9.17) is 10.5 Å². The molecule has 1 aromatic rings. The van der Waals surface area contributed by atoms with E-state index in [0.717, 1.165) is 23.1 Å². The molecule has 1 aliphatic rings. The lowest BCUT2D eigenvalue weighted by Crippen LogP contribution is -1.91. The highest BCUT2D eigenvalue weighted by Crippen LogP contribution is 2.34. The Morgan fingerprint density at radius 3 is 3.27 bits per heavy atom. The van der Waals surface area contributed by atoms with E-state index >= 15 is 0 Å². The van der Waals surface area contributed by atoms with Gasteiger partial charge in [-0.3, -0.25) is 0 Å². The van der Waals surface area contributed by atoms with E-state index in [1.807, 2.05) is 6.07 Å². The van der Waals surface area contributed by atoms with E-state index in [2.05, 4.69) is 0 Å². The first-order chi connectivity index (χ1) is 5.36. The highest BCUT2D eigenvalue weighted by atomic mass is 32.1.